The van der Waals surface area contributed by atoms with Crippen LogP contribution in [0, 0.1) is 18.6 Å². The minimum absolute atomic E-state index is 0.224. The quantitative estimate of drug-likeness (QED) is 0.355. The Morgan fingerprint density at radius 2 is 1.81 bits per heavy atom. The van der Waals surface area contributed by atoms with Crippen LogP contribution >= 0.6 is 0 Å². The van der Waals surface area contributed by atoms with E-state index in [1.54, 1.807) is 19.3 Å². The van der Waals surface area contributed by atoms with E-state index in [9.17, 15) is 13.6 Å². The third-order valence-electron chi connectivity index (χ3n) is 5.22. The summed E-state index contributed by atoms with van der Waals surface area (Å²) in [6.07, 6.45) is 3.01. The van der Waals surface area contributed by atoms with E-state index >= 15 is 0 Å². The predicted molar refractivity (Wildman–Crippen MR) is 122 cm³/mol. The number of allylic oxidation sites excluding steroid dienone is 1. The molecule has 1 heterocycles. The Morgan fingerprint density at radius 3 is 2.53 bits per heavy atom. The van der Waals surface area contributed by atoms with Crippen LogP contribution in [-0.4, -0.2) is 13.0 Å². The lowest BCUT2D eigenvalue weighted by molar-refractivity contribution is -0.111. The van der Waals surface area contributed by atoms with Crippen molar-refractivity contribution < 1.29 is 22.7 Å². The lowest BCUT2D eigenvalue weighted by Gasteiger charge is -2.10. The summed E-state index contributed by atoms with van der Waals surface area (Å²) in [5.41, 5.74) is 4.79. The number of amides is 1. The Labute approximate surface area is 184 Å². The number of anilines is 1. The first kappa shape index (κ1) is 21.3. The zero-order valence-electron chi connectivity index (χ0n) is 17.8. The molecule has 0 aliphatic carbocycles. The van der Waals surface area contributed by atoms with Crippen molar-refractivity contribution in [1.82, 2.24) is 0 Å². The van der Waals surface area contributed by atoms with E-state index in [4.69, 9.17) is 9.15 Å². The molecule has 0 saturated heterocycles. The molecule has 1 N–H and O–H groups in total. The highest BCUT2D eigenvalue weighted by Crippen LogP contribution is 2.37. The number of furan rings is 1. The van der Waals surface area contributed by atoms with E-state index in [1.165, 1.54) is 13.2 Å². The lowest BCUT2D eigenvalue weighted by Crippen LogP contribution is -2.10. The van der Waals surface area contributed by atoms with Gasteiger partial charge in [0.1, 0.15) is 23.0 Å². The van der Waals surface area contributed by atoms with Gasteiger partial charge in [-0.3, -0.25) is 4.79 Å². The maximum Gasteiger partial charge on any atom is 0.248 e. The highest BCUT2D eigenvalue weighted by Gasteiger charge is 2.15. The van der Waals surface area contributed by atoms with Gasteiger partial charge in [0, 0.05) is 34.7 Å². The molecule has 4 rings (SSSR count). The first-order valence-corrected chi connectivity index (χ1v) is 9.96. The number of carbonyl (C=O) groups excluding carboxylic acids is 1. The predicted octanol–water partition coefficient (Wildman–Crippen LogP) is 6.74. The smallest absolute Gasteiger partial charge is 0.248 e. The van der Waals surface area contributed by atoms with E-state index in [1.807, 2.05) is 37.3 Å². The average Bonchev–Trinajstić information content (AvgIpc) is 3.18. The van der Waals surface area contributed by atoms with Gasteiger partial charge in [-0.2, -0.15) is 0 Å². The summed E-state index contributed by atoms with van der Waals surface area (Å²) in [6, 6.07) is 14.6. The fourth-order valence-corrected chi connectivity index (χ4v) is 3.53. The zero-order valence-corrected chi connectivity index (χ0v) is 17.8. The van der Waals surface area contributed by atoms with Gasteiger partial charge in [0.05, 0.1) is 19.1 Å². The van der Waals surface area contributed by atoms with Crippen LogP contribution in [0.25, 0.3) is 27.7 Å². The van der Waals surface area contributed by atoms with Crippen LogP contribution < -0.4 is 10.1 Å². The number of ether oxygens (including phenoxy) is 1. The number of fused-ring (bicyclic) bond motifs is 1. The molecule has 0 aliphatic heterocycles. The number of aryl methyl sites for hydroxylation is 1. The summed E-state index contributed by atoms with van der Waals surface area (Å²) in [4.78, 5) is 12.5. The number of hydrogen-bond acceptors (Lipinski definition) is 3. The van der Waals surface area contributed by atoms with E-state index in [0.717, 1.165) is 40.3 Å². The molecule has 0 radical (unpaired) electrons. The largest absolute Gasteiger partial charge is 0.496 e. The van der Waals surface area contributed by atoms with Gasteiger partial charge in [-0.1, -0.05) is 29.8 Å². The van der Waals surface area contributed by atoms with Crippen LogP contribution in [0.2, 0.25) is 0 Å². The molecular weight excluding hydrogens is 412 g/mol. The van der Waals surface area contributed by atoms with Crippen molar-refractivity contribution in [3.63, 3.8) is 0 Å². The third-order valence-corrected chi connectivity index (χ3v) is 5.22. The van der Waals surface area contributed by atoms with Gasteiger partial charge >= 0.3 is 0 Å². The maximum atomic E-state index is 13.8. The molecule has 4 aromatic rings. The molecule has 0 spiro atoms. The van der Waals surface area contributed by atoms with E-state index in [2.05, 4.69) is 5.32 Å². The van der Waals surface area contributed by atoms with Crippen molar-refractivity contribution in [3.8, 4) is 16.9 Å². The molecule has 0 bridgehead atoms. The molecule has 3 aromatic carbocycles. The van der Waals surface area contributed by atoms with E-state index < -0.39 is 17.5 Å². The van der Waals surface area contributed by atoms with Crippen molar-refractivity contribution in [1.29, 1.82) is 0 Å². The van der Waals surface area contributed by atoms with E-state index in [0.29, 0.717) is 22.5 Å². The van der Waals surface area contributed by atoms with Gasteiger partial charge < -0.3 is 14.5 Å². The highest BCUT2D eigenvalue weighted by molar-refractivity contribution is 6.05. The van der Waals surface area contributed by atoms with Crippen LogP contribution in [0.3, 0.4) is 0 Å². The Balaban J connectivity index is 1.71. The molecule has 162 valence electrons. The average molecular weight is 433 g/mol. The second kappa shape index (κ2) is 8.67. The minimum Gasteiger partial charge on any atom is -0.496 e. The van der Waals surface area contributed by atoms with Gasteiger partial charge in [0.15, 0.2) is 0 Å². The lowest BCUT2D eigenvalue weighted by atomic mass is 9.99. The first-order chi connectivity index (χ1) is 15.4. The number of hydrogen-bond donors (Lipinski definition) is 1. The molecule has 0 unspecified atom stereocenters. The number of methoxy groups -OCH3 is 1. The maximum absolute atomic E-state index is 13.8. The summed E-state index contributed by atoms with van der Waals surface area (Å²) in [5, 5.41) is 3.24. The monoisotopic (exact) mass is 433 g/mol. The van der Waals surface area contributed by atoms with Gasteiger partial charge in [0.2, 0.25) is 5.91 Å². The van der Waals surface area contributed by atoms with Crippen molar-refractivity contribution in [2.75, 3.05) is 12.4 Å². The number of carbonyl (C=O) groups is 1. The molecule has 0 aliphatic rings. The van der Waals surface area contributed by atoms with Crippen LogP contribution in [-0.2, 0) is 4.79 Å². The molecule has 6 heteroatoms. The van der Waals surface area contributed by atoms with Crippen molar-refractivity contribution in [2.24, 2.45) is 0 Å². The molecular formula is C26H21F2NO3. The van der Waals surface area contributed by atoms with Gasteiger partial charge in [-0.15, -0.1) is 0 Å². The third kappa shape index (κ3) is 4.25. The Morgan fingerprint density at radius 1 is 1.06 bits per heavy atom. The number of halogens is 2. The van der Waals surface area contributed by atoms with Gasteiger partial charge in [-0.05, 0) is 43.2 Å². The Hall–Kier alpha value is -3.93. The van der Waals surface area contributed by atoms with Gasteiger partial charge in [0.25, 0.3) is 0 Å². The normalized spacial score (nSPS) is 11.6. The van der Waals surface area contributed by atoms with Crippen LogP contribution in [0.1, 0.15) is 18.1 Å². The first-order valence-electron chi connectivity index (χ1n) is 9.96. The van der Waals surface area contributed by atoms with E-state index in [-0.39, 0.29) is 5.69 Å². The highest BCUT2D eigenvalue weighted by atomic mass is 19.1. The summed E-state index contributed by atoms with van der Waals surface area (Å²) in [7, 11) is 1.53. The fraction of sp³-hybridized carbons (Fsp3) is 0.115. The molecule has 0 atom stereocenters. The topological polar surface area (TPSA) is 51.5 Å². The summed E-state index contributed by atoms with van der Waals surface area (Å²) >= 11 is 0. The summed E-state index contributed by atoms with van der Waals surface area (Å²) < 4.78 is 38.5. The fourth-order valence-electron chi connectivity index (χ4n) is 3.53. The summed E-state index contributed by atoms with van der Waals surface area (Å²) in [5.74, 6) is -1.41. The van der Waals surface area contributed by atoms with Crippen molar-refractivity contribution in [3.05, 3.63) is 89.7 Å². The van der Waals surface area contributed by atoms with Crippen LogP contribution in [0.5, 0.6) is 5.75 Å². The zero-order chi connectivity index (χ0) is 22.8. The molecule has 1 amide bonds. The molecule has 0 saturated carbocycles. The minimum atomic E-state index is -0.717. The Bertz CT molecular complexity index is 1340. The second-order valence-corrected chi connectivity index (χ2v) is 7.50. The van der Waals surface area contributed by atoms with Crippen LogP contribution in [0.4, 0.5) is 14.5 Å². The number of rotatable bonds is 5. The van der Waals surface area contributed by atoms with Crippen molar-refractivity contribution >= 4 is 28.1 Å². The standard InChI is InChI=1S/C26H21F2NO3/c1-15-4-6-17(7-5-15)21-14-32-25-13-24(31-3)19(12-20(21)25)16(2)10-26(30)29-23-11-18(27)8-9-22(23)28/h4-14H,1-3H3,(H,29,30)/b16-10+. The number of nitrogens with one attached hydrogen (secondary N) is 1. The number of benzene rings is 3. The van der Waals surface area contributed by atoms with Gasteiger partial charge in [-0.25, -0.2) is 8.78 Å². The molecule has 0 fully saturated rings. The SMILES string of the molecule is COc1cc2occ(-c3ccc(C)cc3)c2cc1/C(C)=C/C(=O)Nc1cc(F)ccc1F. The molecule has 4 nitrogen and oxygen atoms in total. The Kier molecular flexibility index (Phi) is 5.77. The summed E-state index contributed by atoms with van der Waals surface area (Å²) in [6.45, 7) is 3.77. The second-order valence-electron chi connectivity index (χ2n) is 7.50. The molecule has 32 heavy (non-hydrogen) atoms. The molecule has 1 aromatic heterocycles. The van der Waals surface area contributed by atoms with Crippen LogP contribution in [0.15, 0.2) is 71.4 Å². The van der Waals surface area contributed by atoms with Crippen molar-refractivity contribution in [2.45, 2.75) is 13.8 Å².